The first-order valence-electron chi connectivity index (χ1n) is 9.35. The minimum atomic E-state index is 0.0685. The number of halogens is 1. The number of hydrogen-bond acceptors (Lipinski definition) is 3. The molecule has 0 aliphatic heterocycles. The van der Waals surface area contributed by atoms with Gasteiger partial charge in [-0.2, -0.15) is 0 Å². The quantitative estimate of drug-likeness (QED) is 0.520. The molecule has 0 atom stereocenters. The maximum absolute atomic E-state index is 12.8. The summed E-state index contributed by atoms with van der Waals surface area (Å²) in [7, 11) is 0. The molecule has 0 spiro atoms. The van der Waals surface area contributed by atoms with E-state index in [1.54, 1.807) is 18.3 Å². The first-order valence-corrected chi connectivity index (χ1v) is 9.73. The van der Waals surface area contributed by atoms with Crippen LogP contribution in [-0.4, -0.2) is 39.9 Å². The van der Waals surface area contributed by atoms with Gasteiger partial charge in [0.05, 0.1) is 22.8 Å². The Morgan fingerprint density at radius 1 is 1.21 bits per heavy atom. The van der Waals surface area contributed by atoms with Gasteiger partial charge in [-0.1, -0.05) is 24.3 Å². The first kappa shape index (κ1) is 20.0. The smallest absolute Gasteiger partial charge is 0.228 e. The molecule has 146 valence electrons. The number of carbonyl (C=O) groups is 1. The predicted molar refractivity (Wildman–Crippen MR) is 113 cm³/mol. The number of hydrogen-bond donors (Lipinski definition) is 0. The van der Waals surface area contributed by atoms with Gasteiger partial charge in [-0.15, -0.1) is 0 Å². The van der Waals surface area contributed by atoms with Crippen LogP contribution in [-0.2, 0) is 11.2 Å². The second-order valence-corrected chi connectivity index (χ2v) is 6.79. The molecule has 0 radical (unpaired) electrons. The van der Waals surface area contributed by atoms with Crippen molar-refractivity contribution in [1.29, 1.82) is 0 Å². The summed E-state index contributed by atoms with van der Waals surface area (Å²) < 4.78 is 7.46. The number of benzene rings is 1. The van der Waals surface area contributed by atoms with Gasteiger partial charge in [-0.05, 0) is 50.2 Å². The number of aromatic nitrogens is 2. The van der Waals surface area contributed by atoms with Crippen LogP contribution in [0.25, 0.3) is 16.9 Å². The minimum Gasteiger partial charge on any atom is -0.490 e. The molecule has 0 bridgehead atoms. The summed E-state index contributed by atoms with van der Waals surface area (Å²) in [5.41, 5.74) is 3.29. The number of nitrogens with zero attached hydrogens (tertiary/aromatic N) is 3. The van der Waals surface area contributed by atoms with Gasteiger partial charge >= 0.3 is 0 Å². The highest BCUT2D eigenvalue weighted by atomic mass is 35.5. The van der Waals surface area contributed by atoms with Gasteiger partial charge < -0.3 is 14.0 Å². The molecular weight excluding hydrogens is 374 g/mol. The van der Waals surface area contributed by atoms with Crippen molar-refractivity contribution in [2.45, 2.75) is 20.3 Å². The molecule has 1 amide bonds. The number of fused-ring (bicyclic) bond motifs is 1. The Hall–Kier alpha value is -2.79. The van der Waals surface area contributed by atoms with Gasteiger partial charge in [0.15, 0.2) is 0 Å². The molecule has 0 unspecified atom stereocenters. The van der Waals surface area contributed by atoms with Gasteiger partial charge in [0.1, 0.15) is 18.0 Å². The first-order chi connectivity index (χ1) is 13.6. The van der Waals surface area contributed by atoms with Crippen molar-refractivity contribution in [3.05, 3.63) is 66.0 Å². The zero-order valence-electron chi connectivity index (χ0n) is 16.2. The van der Waals surface area contributed by atoms with E-state index in [0.29, 0.717) is 24.7 Å². The van der Waals surface area contributed by atoms with Gasteiger partial charge in [0.25, 0.3) is 0 Å². The van der Waals surface area contributed by atoms with E-state index in [9.17, 15) is 4.79 Å². The average molecular weight is 398 g/mol. The van der Waals surface area contributed by atoms with Gasteiger partial charge in [0, 0.05) is 24.8 Å². The lowest BCUT2D eigenvalue weighted by molar-refractivity contribution is -0.130. The molecule has 1 aromatic carbocycles. The minimum absolute atomic E-state index is 0.0685. The van der Waals surface area contributed by atoms with Crippen LogP contribution >= 0.6 is 11.6 Å². The summed E-state index contributed by atoms with van der Waals surface area (Å²) in [6.07, 6.45) is 3.77. The third-order valence-electron chi connectivity index (χ3n) is 4.61. The van der Waals surface area contributed by atoms with Crippen LogP contribution in [0.3, 0.4) is 0 Å². The van der Waals surface area contributed by atoms with Crippen molar-refractivity contribution in [2.24, 2.45) is 0 Å². The summed E-state index contributed by atoms with van der Waals surface area (Å²) in [4.78, 5) is 19.4. The second-order valence-electron chi connectivity index (χ2n) is 6.35. The van der Waals surface area contributed by atoms with Crippen LogP contribution in [0, 0.1) is 0 Å². The maximum Gasteiger partial charge on any atom is 0.228 e. The number of rotatable bonds is 8. The van der Waals surface area contributed by atoms with E-state index in [0.717, 1.165) is 28.3 Å². The topological polar surface area (TPSA) is 46.8 Å². The molecule has 0 aliphatic carbocycles. The van der Waals surface area contributed by atoms with Crippen molar-refractivity contribution in [3.8, 4) is 17.0 Å². The fourth-order valence-corrected chi connectivity index (χ4v) is 3.32. The molecule has 0 saturated carbocycles. The standard InChI is InChI=1S/C22H24ClN3O2/c1-4-13-28-18-10-7-16(8-11-18)22-19(14-21(27)25(5-2)6-3)26-15-17(23)9-12-20(26)24-22/h4,7-12,15H,1,5-6,13-14H2,2-3H3. The van der Waals surface area contributed by atoms with E-state index < -0.39 is 0 Å². The van der Waals surface area contributed by atoms with Crippen molar-refractivity contribution in [3.63, 3.8) is 0 Å². The van der Waals surface area contributed by atoms with Crippen molar-refractivity contribution >= 4 is 23.2 Å². The van der Waals surface area contributed by atoms with E-state index in [4.69, 9.17) is 21.3 Å². The highest BCUT2D eigenvalue weighted by molar-refractivity contribution is 6.30. The highest BCUT2D eigenvalue weighted by Crippen LogP contribution is 2.28. The van der Waals surface area contributed by atoms with E-state index in [1.807, 2.05) is 53.5 Å². The van der Waals surface area contributed by atoms with Crippen LogP contribution < -0.4 is 4.74 Å². The Bertz CT molecular complexity index is 975. The maximum atomic E-state index is 12.8. The summed E-state index contributed by atoms with van der Waals surface area (Å²) in [5.74, 6) is 0.829. The Labute approximate surface area is 170 Å². The largest absolute Gasteiger partial charge is 0.490 e. The molecule has 2 aromatic heterocycles. The van der Waals surface area contributed by atoms with E-state index in [1.165, 1.54) is 0 Å². The molecular formula is C22H24ClN3O2. The lowest BCUT2D eigenvalue weighted by Crippen LogP contribution is -2.32. The van der Waals surface area contributed by atoms with E-state index in [2.05, 4.69) is 6.58 Å². The Morgan fingerprint density at radius 3 is 2.57 bits per heavy atom. The van der Waals surface area contributed by atoms with Crippen LogP contribution in [0.4, 0.5) is 0 Å². The van der Waals surface area contributed by atoms with Crippen molar-refractivity contribution in [2.75, 3.05) is 19.7 Å². The molecule has 3 rings (SSSR count). The van der Waals surface area contributed by atoms with E-state index >= 15 is 0 Å². The van der Waals surface area contributed by atoms with Crippen LogP contribution in [0.5, 0.6) is 5.75 Å². The third kappa shape index (κ3) is 4.20. The molecule has 5 nitrogen and oxygen atoms in total. The second kappa shape index (κ2) is 8.93. The zero-order valence-corrected chi connectivity index (χ0v) is 16.9. The predicted octanol–water partition coefficient (Wildman–Crippen LogP) is 4.63. The third-order valence-corrected chi connectivity index (χ3v) is 4.84. The van der Waals surface area contributed by atoms with Crippen LogP contribution in [0.1, 0.15) is 19.5 Å². The Kier molecular flexibility index (Phi) is 6.37. The summed E-state index contributed by atoms with van der Waals surface area (Å²) in [6, 6.07) is 11.4. The van der Waals surface area contributed by atoms with Gasteiger partial charge in [0.2, 0.25) is 5.91 Å². The normalized spacial score (nSPS) is 10.8. The number of carbonyl (C=O) groups excluding carboxylic acids is 1. The Morgan fingerprint density at radius 2 is 1.93 bits per heavy atom. The van der Waals surface area contributed by atoms with Crippen LogP contribution in [0.15, 0.2) is 55.3 Å². The number of ether oxygens (including phenoxy) is 1. The number of imidazole rings is 1. The molecule has 0 saturated heterocycles. The molecule has 28 heavy (non-hydrogen) atoms. The van der Waals surface area contributed by atoms with Gasteiger partial charge in [-0.3, -0.25) is 4.79 Å². The fourth-order valence-electron chi connectivity index (χ4n) is 3.16. The summed E-state index contributed by atoms with van der Waals surface area (Å²) in [5, 5.41) is 0.598. The van der Waals surface area contributed by atoms with Crippen LogP contribution in [0.2, 0.25) is 5.02 Å². The van der Waals surface area contributed by atoms with E-state index in [-0.39, 0.29) is 12.3 Å². The lowest BCUT2D eigenvalue weighted by atomic mass is 10.1. The average Bonchev–Trinajstić information content (AvgIpc) is 3.05. The van der Waals surface area contributed by atoms with Crippen molar-refractivity contribution < 1.29 is 9.53 Å². The molecule has 6 heteroatoms. The van der Waals surface area contributed by atoms with Gasteiger partial charge in [-0.25, -0.2) is 4.98 Å². The van der Waals surface area contributed by atoms with Crippen molar-refractivity contribution in [1.82, 2.24) is 14.3 Å². The lowest BCUT2D eigenvalue weighted by Gasteiger charge is -2.18. The Balaban J connectivity index is 2.03. The highest BCUT2D eigenvalue weighted by Gasteiger charge is 2.19. The number of likely N-dealkylation sites (N-methyl/N-ethyl adjacent to an activating group) is 1. The number of amides is 1. The molecule has 0 fully saturated rings. The molecule has 0 aliphatic rings. The number of pyridine rings is 1. The zero-order chi connectivity index (χ0) is 20.1. The molecule has 0 N–H and O–H groups in total. The SMILES string of the molecule is C=CCOc1ccc(-c2nc3ccc(Cl)cn3c2CC(=O)N(CC)CC)cc1. The molecule has 2 heterocycles. The molecule has 3 aromatic rings. The summed E-state index contributed by atoms with van der Waals surface area (Å²) in [6.45, 7) is 9.43. The fraction of sp³-hybridized carbons (Fsp3) is 0.273. The monoisotopic (exact) mass is 397 g/mol. The summed E-state index contributed by atoms with van der Waals surface area (Å²) >= 11 is 6.20.